The summed E-state index contributed by atoms with van der Waals surface area (Å²) < 4.78 is 9.65. The van der Waals surface area contributed by atoms with Gasteiger partial charge in [0.15, 0.2) is 6.10 Å². The van der Waals surface area contributed by atoms with Crippen molar-refractivity contribution in [3.63, 3.8) is 0 Å². The van der Waals surface area contributed by atoms with Crippen LogP contribution >= 0.6 is 0 Å². The van der Waals surface area contributed by atoms with Gasteiger partial charge < -0.3 is 9.47 Å². The summed E-state index contributed by atoms with van der Waals surface area (Å²) in [6.45, 7) is 3.85. The van der Waals surface area contributed by atoms with E-state index in [9.17, 15) is 0 Å². The Morgan fingerprint density at radius 1 is 1.88 bits per heavy atom. The van der Waals surface area contributed by atoms with E-state index in [2.05, 4.69) is 12.5 Å². The summed E-state index contributed by atoms with van der Waals surface area (Å²) in [5.74, 6) is 2.71. The third-order valence-electron chi connectivity index (χ3n) is 0.855. The van der Waals surface area contributed by atoms with Crippen molar-refractivity contribution in [2.24, 2.45) is 0 Å². The first-order valence-corrected chi connectivity index (χ1v) is 2.27. The highest BCUT2D eigenvalue weighted by Gasteiger charge is 2.16. The molecule has 0 aliphatic carbocycles. The van der Waals surface area contributed by atoms with E-state index in [1.165, 1.54) is 0 Å². The number of ether oxygens (including phenoxy) is 2. The molecule has 1 saturated heterocycles. The zero-order chi connectivity index (χ0) is 5.98. The molecule has 2 nitrogen and oxygen atoms in total. The van der Waals surface area contributed by atoms with Gasteiger partial charge in [0.2, 0.25) is 0 Å². The van der Waals surface area contributed by atoms with Gasteiger partial charge in [0, 0.05) is 0 Å². The Balaban J connectivity index is 2.47. The fourth-order valence-electron chi connectivity index (χ4n) is 0.477. The maximum atomic E-state index is 5.00. The molecule has 1 unspecified atom stereocenters. The molecule has 0 amide bonds. The third-order valence-corrected chi connectivity index (χ3v) is 0.855. The van der Waals surface area contributed by atoms with E-state index in [1.54, 1.807) is 0 Å². The van der Waals surface area contributed by atoms with Gasteiger partial charge >= 0.3 is 0 Å². The maximum Gasteiger partial charge on any atom is 0.273 e. The predicted molar refractivity (Wildman–Crippen MR) is 28.8 cm³/mol. The molecule has 0 N–H and O–H groups in total. The zero-order valence-electron chi connectivity index (χ0n) is 4.39. The Labute approximate surface area is 48.1 Å². The Morgan fingerprint density at radius 3 is 2.88 bits per heavy atom. The molecule has 0 spiro atoms. The Hall–Kier alpha value is -1.10. The lowest BCUT2D eigenvalue weighted by atomic mass is 10.4. The molecule has 0 bridgehead atoms. The van der Waals surface area contributed by atoms with Gasteiger partial charge in [-0.25, -0.2) is 0 Å². The highest BCUT2D eigenvalue weighted by molar-refractivity contribution is 4.99. The summed E-state index contributed by atoms with van der Waals surface area (Å²) in [4.78, 5) is 0. The average molecular weight is 110 g/mol. The van der Waals surface area contributed by atoms with Gasteiger partial charge in [-0.2, -0.15) is 0 Å². The lowest BCUT2D eigenvalue weighted by molar-refractivity contribution is 0.165. The van der Waals surface area contributed by atoms with Crippen LogP contribution in [0.3, 0.4) is 0 Å². The van der Waals surface area contributed by atoms with Crippen molar-refractivity contribution < 1.29 is 9.47 Å². The molecule has 8 heavy (non-hydrogen) atoms. The normalized spacial score (nSPS) is 25.9. The van der Waals surface area contributed by atoms with Crippen LogP contribution < -0.4 is 0 Å². The minimum Gasteiger partial charge on any atom is -0.461 e. The summed E-state index contributed by atoms with van der Waals surface area (Å²) in [6, 6.07) is 0. The van der Waals surface area contributed by atoms with Crippen LogP contribution in [0.4, 0.5) is 0 Å². The van der Waals surface area contributed by atoms with Crippen molar-refractivity contribution in [1.29, 1.82) is 0 Å². The molecule has 0 radical (unpaired) electrons. The summed E-state index contributed by atoms with van der Waals surface area (Å²) in [7, 11) is 0. The van der Waals surface area contributed by atoms with Crippen molar-refractivity contribution in [2.75, 3.05) is 6.61 Å². The molecule has 0 aromatic carbocycles. The molecule has 1 heterocycles. The fourth-order valence-corrected chi connectivity index (χ4v) is 0.477. The van der Waals surface area contributed by atoms with Crippen molar-refractivity contribution in [2.45, 2.75) is 6.10 Å². The van der Waals surface area contributed by atoms with E-state index in [0.29, 0.717) is 12.6 Å². The van der Waals surface area contributed by atoms with Gasteiger partial charge in [0.1, 0.15) is 6.61 Å². The first-order valence-electron chi connectivity index (χ1n) is 2.27. The summed E-state index contributed by atoms with van der Waals surface area (Å²) in [6.07, 6.45) is 4.78. The second kappa shape index (κ2) is 1.79. The average Bonchev–Trinajstić information content (AvgIpc) is 2.14. The van der Waals surface area contributed by atoms with Gasteiger partial charge in [-0.1, -0.05) is 5.92 Å². The Kier molecular flexibility index (Phi) is 1.13. The zero-order valence-corrected chi connectivity index (χ0v) is 4.39. The molecule has 1 atom stereocenters. The Bertz CT molecular complexity index is 143. The number of rotatable bonds is 0. The summed E-state index contributed by atoms with van der Waals surface area (Å²) >= 11 is 0. The van der Waals surface area contributed by atoms with Crippen LogP contribution in [0.1, 0.15) is 0 Å². The first kappa shape index (κ1) is 5.04. The third kappa shape index (κ3) is 0.760. The van der Waals surface area contributed by atoms with Crippen LogP contribution in [0.25, 0.3) is 0 Å². The minimum atomic E-state index is -0.220. The van der Waals surface area contributed by atoms with E-state index in [0.717, 1.165) is 0 Å². The fraction of sp³-hybridized carbons (Fsp3) is 0.333. The van der Waals surface area contributed by atoms with E-state index >= 15 is 0 Å². The lowest BCUT2D eigenvalue weighted by Crippen LogP contribution is -2.03. The molecule has 1 rings (SSSR count). The molecule has 0 saturated carbocycles. The summed E-state index contributed by atoms with van der Waals surface area (Å²) in [5, 5.41) is 0. The van der Waals surface area contributed by atoms with Crippen LogP contribution in [0.15, 0.2) is 12.5 Å². The van der Waals surface area contributed by atoms with Crippen molar-refractivity contribution in [1.82, 2.24) is 0 Å². The van der Waals surface area contributed by atoms with Gasteiger partial charge in [0.25, 0.3) is 5.95 Å². The highest BCUT2D eigenvalue weighted by atomic mass is 16.7. The van der Waals surface area contributed by atoms with Crippen LogP contribution in [0, 0.1) is 12.3 Å². The smallest absolute Gasteiger partial charge is 0.273 e. The molecular formula is C6H6O2. The van der Waals surface area contributed by atoms with E-state index < -0.39 is 0 Å². The van der Waals surface area contributed by atoms with E-state index in [-0.39, 0.29) is 6.10 Å². The van der Waals surface area contributed by atoms with E-state index in [1.807, 2.05) is 0 Å². The maximum absolute atomic E-state index is 5.00. The van der Waals surface area contributed by atoms with Gasteiger partial charge in [-0.05, 0) is 6.58 Å². The molecule has 1 fully saturated rings. The standard InChI is InChI=1S/C6H6O2/c1-3-6-4-7-5(2)8-6/h1,6H,2,4H2. The number of hydrogen-bond donors (Lipinski definition) is 0. The summed E-state index contributed by atoms with van der Waals surface area (Å²) in [5.41, 5.74) is 0. The van der Waals surface area contributed by atoms with Gasteiger partial charge in [0.05, 0.1) is 0 Å². The van der Waals surface area contributed by atoms with Crippen LogP contribution in [-0.2, 0) is 9.47 Å². The quantitative estimate of drug-likeness (QED) is 0.423. The molecular weight excluding hydrogens is 104 g/mol. The molecule has 0 aromatic heterocycles. The number of terminal acetylenes is 1. The second-order valence-electron chi connectivity index (χ2n) is 1.46. The Morgan fingerprint density at radius 2 is 2.62 bits per heavy atom. The van der Waals surface area contributed by atoms with Crippen LogP contribution in [0.5, 0.6) is 0 Å². The monoisotopic (exact) mass is 110 g/mol. The molecule has 1 aliphatic rings. The van der Waals surface area contributed by atoms with E-state index in [4.69, 9.17) is 15.9 Å². The van der Waals surface area contributed by atoms with Gasteiger partial charge in [-0.15, -0.1) is 6.42 Å². The molecule has 42 valence electrons. The predicted octanol–water partition coefficient (Wildman–Crippen LogP) is 0.506. The van der Waals surface area contributed by atoms with Crippen LogP contribution in [-0.4, -0.2) is 12.7 Å². The highest BCUT2D eigenvalue weighted by Crippen LogP contribution is 2.10. The molecule has 0 aromatic rings. The van der Waals surface area contributed by atoms with Crippen molar-refractivity contribution in [3.05, 3.63) is 12.5 Å². The minimum absolute atomic E-state index is 0.220. The van der Waals surface area contributed by atoms with Crippen molar-refractivity contribution >= 4 is 0 Å². The van der Waals surface area contributed by atoms with Gasteiger partial charge in [-0.3, -0.25) is 0 Å². The lowest BCUT2D eigenvalue weighted by Gasteiger charge is -1.93. The first-order chi connectivity index (χ1) is 3.83. The second-order valence-corrected chi connectivity index (χ2v) is 1.46. The van der Waals surface area contributed by atoms with Crippen LogP contribution in [0.2, 0.25) is 0 Å². The molecule has 1 aliphatic heterocycles. The number of hydrogen-bond acceptors (Lipinski definition) is 2. The topological polar surface area (TPSA) is 18.5 Å². The largest absolute Gasteiger partial charge is 0.461 e. The SMILES string of the molecule is C#CC1COC(=C)O1. The molecule has 2 heteroatoms. The van der Waals surface area contributed by atoms with Crippen molar-refractivity contribution in [3.8, 4) is 12.3 Å².